The van der Waals surface area contributed by atoms with Gasteiger partial charge >= 0.3 is 0 Å². The number of nitrogens with zero attached hydrogens (tertiary/aromatic N) is 1. The minimum atomic E-state index is -0.0935. The molecule has 1 aromatic rings. The molecule has 4 heteroatoms. The first kappa shape index (κ1) is 13.3. The predicted octanol–water partition coefficient (Wildman–Crippen LogP) is 2.92. The second kappa shape index (κ2) is 6.14. The van der Waals surface area contributed by atoms with Gasteiger partial charge in [0.2, 0.25) is 0 Å². The molecule has 18 heavy (non-hydrogen) atoms. The number of rotatable bonds is 5. The molecule has 0 bridgehead atoms. The SMILES string of the molecule is CCCC(OC)c1nc(C2CCCC2)cc(=O)[nH]1. The van der Waals surface area contributed by atoms with Crippen molar-refractivity contribution in [3.8, 4) is 0 Å². The first-order valence-electron chi connectivity index (χ1n) is 6.88. The summed E-state index contributed by atoms with van der Waals surface area (Å²) in [4.78, 5) is 19.2. The largest absolute Gasteiger partial charge is 0.374 e. The molecule has 0 saturated heterocycles. The van der Waals surface area contributed by atoms with Crippen molar-refractivity contribution in [3.05, 3.63) is 27.9 Å². The van der Waals surface area contributed by atoms with E-state index >= 15 is 0 Å². The summed E-state index contributed by atoms with van der Waals surface area (Å²) in [5.74, 6) is 1.15. The van der Waals surface area contributed by atoms with Crippen LogP contribution in [-0.2, 0) is 4.74 Å². The van der Waals surface area contributed by atoms with Crippen molar-refractivity contribution < 1.29 is 4.74 Å². The Kier molecular flexibility index (Phi) is 4.53. The van der Waals surface area contributed by atoms with Gasteiger partial charge in [-0.1, -0.05) is 26.2 Å². The lowest BCUT2D eigenvalue weighted by atomic mass is 10.0. The maximum absolute atomic E-state index is 11.7. The number of aromatic nitrogens is 2. The van der Waals surface area contributed by atoms with Crippen molar-refractivity contribution in [2.75, 3.05) is 7.11 Å². The van der Waals surface area contributed by atoms with E-state index in [0.717, 1.165) is 31.4 Å². The van der Waals surface area contributed by atoms with Gasteiger partial charge in [0.1, 0.15) is 11.9 Å². The summed E-state index contributed by atoms with van der Waals surface area (Å²) in [7, 11) is 1.67. The number of nitrogens with one attached hydrogen (secondary N) is 1. The average molecular weight is 250 g/mol. The van der Waals surface area contributed by atoms with Crippen LogP contribution in [0, 0.1) is 0 Å². The highest BCUT2D eigenvalue weighted by molar-refractivity contribution is 5.11. The molecule has 100 valence electrons. The van der Waals surface area contributed by atoms with E-state index < -0.39 is 0 Å². The van der Waals surface area contributed by atoms with Gasteiger partial charge in [0, 0.05) is 19.1 Å². The van der Waals surface area contributed by atoms with Crippen LogP contribution in [0.3, 0.4) is 0 Å². The van der Waals surface area contributed by atoms with Crippen LogP contribution in [0.5, 0.6) is 0 Å². The summed E-state index contributed by atoms with van der Waals surface area (Å²) in [6.07, 6.45) is 6.60. The van der Waals surface area contributed by atoms with E-state index in [9.17, 15) is 4.79 Å². The van der Waals surface area contributed by atoms with Crippen molar-refractivity contribution in [2.24, 2.45) is 0 Å². The number of hydrogen-bond acceptors (Lipinski definition) is 3. The second-order valence-electron chi connectivity index (χ2n) is 5.05. The van der Waals surface area contributed by atoms with Crippen molar-refractivity contribution in [1.29, 1.82) is 0 Å². The zero-order chi connectivity index (χ0) is 13.0. The lowest BCUT2D eigenvalue weighted by molar-refractivity contribution is 0.0871. The van der Waals surface area contributed by atoms with E-state index in [4.69, 9.17) is 4.74 Å². The fourth-order valence-corrected chi connectivity index (χ4v) is 2.71. The lowest BCUT2D eigenvalue weighted by Crippen LogP contribution is -2.17. The number of aromatic amines is 1. The Morgan fingerprint density at radius 1 is 1.50 bits per heavy atom. The molecule has 2 rings (SSSR count). The van der Waals surface area contributed by atoms with Crippen molar-refractivity contribution in [2.45, 2.75) is 57.5 Å². The van der Waals surface area contributed by atoms with E-state index in [-0.39, 0.29) is 11.7 Å². The van der Waals surface area contributed by atoms with E-state index in [1.54, 1.807) is 13.2 Å². The first-order chi connectivity index (χ1) is 8.74. The summed E-state index contributed by atoms with van der Waals surface area (Å²) < 4.78 is 5.42. The van der Waals surface area contributed by atoms with Gasteiger partial charge in [0.25, 0.3) is 5.56 Å². The summed E-state index contributed by atoms with van der Waals surface area (Å²) in [5.41, 5.74) is 0.893. The molecular weight excluding hydrogens is 228 g/mol. The van der Waals surface area contributed by atoms with E-state index in [0.29, 0.717) is 11.7 Å². The Morgan fingerprint density at radius 3 is 2.83 bits per heavy atom. The molecule has 1 aromatic heterocycles. The fourth-order valence-electron chi connectivity index (χ4n) is 2.71. The normalized spacial score (nSPS) is 18.1. The minimum Gasteiger partial charge on any atom is -0.374 e. The number of hydrogen-bond donors (Lipinski definition) is 1. The monoisotopic (exact) mass is 250 g/mol. The molecular formula is C14H22N2O2. The van der Waals surface area contributed by atoms with E-state index in [1.807, 2.05) is 0 Å². The van der Waals surface area contributed by atoms with Crippen LogP contribution in [-0.4, -0.2) is 17.1 Å². The van der Waals surface area contributed by atoms with E-state index in [2.05, 4.69) is 16.9 Å². The summed E-state index contributed by atoms with van der Waals surface area (Å²) in [5, 5.41) is 0. The molecule has 1 aliphatic rings. The zero-order valence-corrected chi connectivity index (χ0v) is 11.2. The highest BCUT2D eigenvalue weighted by Gasteiger charge is 2.21. The molecule has 0 amide bonds. The van der Waals surface area contributed by atoms with Crippen molar-refractivity contribution >= 4 is 0 Å². The molecule has 0 aromatic carbocycles. The third-order valence-electron chi connectivity index (χ3n) is 3.69. The molecule has 1 unspecified atom stereocenters. The van der Waals surface area contributed by atoms with Crippen LogP contribution in [0.2, 0.25) is 0 Å². The lowest BCUT2D eigenvalue weighted by Gasteiger charge is -2.16. The molecule has 1 heterocycles. The van der Waals surface area contributed by atoms with Gasteiger partial charge in [-0.2, -0.15) is 0 Å². The van der Waals surface area contributed by atoms with E-state index in [1.165, 1.54) is 12.8 Å². The average Bonchev–Trinajstić information content (AvgIpc) is 2.89. The third kappa shape index (κ3) is 2.99. The van der Waals surface area contributed by atoms with Crippen LogP contribution in [0.1, 0.15) is 69.0 Å². The summed E-state index contributed by atoms with van der Waals surface area (Å²) >= 11 is 0. The fraction of sp³-hybridized carbons (Fsp3) is 0.714. The Morgan fingerprint density at radius 2 is 2.22 bits per heavy atom. The third-order valence-corrected chi connectivity index (χ3v) is 3.69. The van der Waals surface area contributed by atoms with Crippen LogP contribution in [0.15, 0.2) is 10.9 Å². The van der Waals surface area contributed by atoms with Gasteiger partial charge in [-0.05, 0) is 19.3 Å². The quantitative estimate of drug-likeness (QED) is 0.874. The van der Waals surface area contributed by atoms with Crippen LogP contribution in [0.4, 0.5) is 0 Å². The van der Waals surface area contributed by atoms with Crippen LogP contribution >= 0.6 is 0 Å². The van der Waals surface area contributed by atoms with Crippen LogP contribution < -0.4 is 5.56 Å². The predicted molar refractivity (Wildman–Crippen MR) is 70.7 cm³/mol. The highest BCUT2D eigenvalue weighted by atomic mass is 16.5. The molecule has 0 spiro atoms. The van der Waals surface area contributed by atoms with Gasteiger partial charge in [0.05, 0.1) is 5.69 Å². The minimum absolute atomic E-state index is 0.0555. The van der Waals surface area contributed by atoms with Gasteiger partial charge in [-0.3, -0.25) is 4.79 Å². The van der Waals surface area contributed by atoms with Gasteiger partial charge in [-0.15, -0.1) is 0 Å². The summed E-state index contributed by atoms with van der Waals surface area (Å²) in [6.45, 7) is 2.10. The molecule has 1 saturated carbocycles. The maximum Gasteiger partial charge on any atom is 0.251 e. The zero-order valence-electron chi connectivity index (χ0n) is 11.2. The molecule has 1 atom stereocenters. The Labute approximate surface area is 108 Å². The standard InChI is InChI=1S/C14H22N2O2/c1-3-6-12(18-2)14-15-11(9-13(17)16-14)10-7-4-5-8-10/h9-10,12H,3-8H2,1-2H3,(H,15,16,17). The topological polar surface area (TPSA) is 55.0 Å². The Bertz CT molecular complexity index is 436. The molecule has 0 aliphatic heterocycles. The first-order valence-corrected chi connectivity index (χ1v) is 6.88. The summed E-state index contributed by atoms with van der Waals surface area (Å²) in [6, 6.07) is 1.65. The Hall–Kier alpha value is -1.16. The smallest absolute Gasteiger partial charge is 0.251 e. The molecule has 0 radical (unpaired) electrons. The molecule has 1 fully saturated rings. The number of methoxy groups -OCH3 is 1. The highest BCUT2D eigenvalue weighted by Crippen LogP contribution is 2.32. The number of ether oxygens (including phenoxy) is 1. The Balaban J connectivity index is 2.27. The van der Waals surface area contributed by atoms with Crippen molar-refractivity contribution in [3.63, 3.8) is 0 Å². The number of H-pyrrole nitrogens is 1. The second-order valence-corrected chi connectivity index (χ2v) is 5.05. The molecule has 1 N–H and O–H groups in total. The maximum atomic E-state index is 11.7. The molecule has 1 aliphatic carbocycles. The van der Waals surface area contributed by atoms with Gasteiger partial charge in [-0.25, -0.2) is 4.98 Å². The van der Waals surface area contributed by atoms with Gasteiger partial charge < -0.3 is 9.72 Å². The van der Waals surface area contributed by atoms with Crippen LogP contribution in [0.25, 0.3) is 0 Å². The van der Waals surface area contributed by atoms with Gasteiger partial charge in [0.15, 0.2) is 0 Å². The van der Waals surface area contributed by atoms with Crippen molar-refractivity contribution in [1.82, 2.24) is 9.97 Å². The molecule has 4 nitrogen and oxygen atoms in total.